The van der Waals surface area contributed by atoms with Crippen LogP contribution in [0.25, 0.3) is 0 Å². The van der Waals surface area contributed by atoms with Crippen LogP contribution < -0.4 is 0 Å². The Hall–Kier alpha value is -2.16. The summed E-state index contributed by atoms with van der Waals surface area (Å²) in [7, 11) is 0. The Morgan fingerprint density at radius 2 is 2.06 bits per heavy atom. The van der Waals surface area contributed by atoms with Crippen LogP contribution in [0.3, 0.4) is 0 Å². The van der Waals surface area contributed by atoms with E-state index in [2.05, 4.69) is 11.2 Å². The van der Waals surface area contributed by atoms with E-state index >= 15 is 0 Å². The molecular weight excluding hydrogens is 226 g/mol. The zero-order chi connectivity index (χ0) is 12.8. The highest BCUT2D eigenvalue weighted by Crippen LogP contribution is 2.13. The third-order valence-electron chi connectivity index (χ3n) is 2.75. The third-order valence-corrected chi connectivity index (χ3v) is 2.75. The number of carbonyl (C=O) groups is 1. The van der Waals surface area contributed by atoms with Gasteiger partial charge in [-0.1, -0.05) is 41.6 Å². The minimum Gasteiger partial charge on any atom is -0.313 e. The van der Waals surface area contributed by atoms with E-state index in [4.69, 9.17) is 4.84 Å². The average molecular weight is 241 g/mol. The van der Waals surface area contributed by atoms with E-state index in [1.807, 2.05) is 25.1 Å². The Balaban J connectivity index is 2.00. The standard InChI is InChI=1S/C15H15NO2/c1-12(13-8-4-2-5-9-13)16-18-15(17)14-10-6-3-7-11-14/h2-4,6-8,10-11H,5,9H2,1H3/b16-12+. The largest absolute Gasteiger partial charge is 0.365 e. The first-order valence-corrected chi connectivity index (χ1v) is 5.94. The van der Waals surface area contributed by atoms with Crippen LogP contribution in [0.5, 0.6) is 0 Å². The highest BCUT2D eigenvalue weighted by atomic mass is 16.7. The molecule has 0 saturated heterocycles. The normalized spacial score (nSPS) is 15.2. The van der Waals surface area contributed by atoms with E-state index in [1.165, 1.54) is 0 Å². The van der Waals surface area contributed by atoms with Gasteiger partial charge in [0.2, 0.25) is 0 Å². The molecule has 0 atom stereocenters. The molecular formula is C15H15NO2. The number of allylic oxidation sites excluding steroid dienone is 4. The van der Waals surface area contributed by atoms with E-state index < -0.39 is 5.97 Å². The molecule has 0 amide bonds. The van der Waals surface area contributed by atoms with Crippen LogP contribution in [-0.4, -0.2) is 11.7 Å². The Labute approximate surface area is 106 Å². The Kier molecular flexibility index (Phi) is 4.07. The van der Waals surface area contributed by atoms with Gasteiger partial charge < -0.3 is 4.84 Å². The summed E-state index contributed by atoms with van der Waals surface area (Å²) < 4.78 is 0. The number of nitrogens with zero attached hydrogens (tertiary/aromatic N) is 1. The van der Waals surface area contributed by atoms with Crippen LogP contribution in [0.15, 0.2) is 59.3 Å². The van der Waals surface area contributed by atoms with Crippen molar-refractivity contribution in [3.05, 3.63) is 59.7 Å². The molecule has 1 aliphatic carbocycles. The number of carbonyl (C=O) groups excluding carboxylic acids is 1. The number of oxime groups is 1. The maximum Gasteiger partial charge on any atom is 0.365 e. The maximum atomic E-state index is 11.7. The van der Waals surface area contributed by atoms with Gasteiger partial charge in [0, 0.05) is 0 Å². The summed E-state index contributed by atoms with van der Waals surface area (Å²) in [6.45, 7) is 1.85. The zero-order valence-electron chi connectivity index (χ0n) is 10.3. The average Bonchev–Trinajstić information content (AvgIpc) is 2.46. The number of benzene rings is 1. The van der Waals surface area contributed by atoms with E-state index in [0.717, 1.165) is 24.1 Å². The lowest BCUT2D eigenvalue weighted by molar-refractivity contribution is 0.0516. The monoisotopic (exact) mass is 241 g/mol. The molecule has 3 nitrogen and oxygen atoms in total. The van der Waals surface area contributed by atoms with Crippen LogP contribution in [0, 0.1) is 0 Å². The van der Waals surface area contributed by atoms with Crippen molar-refractivity contribution in [2.45, 2.75) is 19.8 Å². The van der Waals surface area contributed by atoms with Gasteiger partial charge in [0.05, 0.1) is 11.3 Å². The van der Waals surface area contributed by atoms with Crippen LogP contribution in [-0.2, 0) is 4.84 Å². The lowest BCUT2D eigenvalue weighted by Crippen LogP contribution is -2.05. The second-order valence-corrected chi connectivity index (χ2v) is 4.08. The van der Waals surface area contributed by atoms with Crippen molar-refractivity contribution in [1.29, 1.82) is 0 Å². The van der Waals surface area contributed by atoms with Gasteiger partial charge in [-0.2, -0.15) is 0 Å². The number of hydrogen-bond acceptors (Lipinski definition) is 3. The summed E-state index contributed by atoms with van der Waals surface area (Å²) in [5.74, 6) is -0.429. The van der Waals surface area contributed by atoms with Gasteiger partial charge in [-0.15, -0.1) is 0 Å². The molecule has 0 fully saturated rings. The molecule has 0 spiro atoms. The fourth-order valence-corrected chi connectivity index (χ4v) is 1.70. The van der Waals surface area contributed by atoms with E-state index in [-0.39, 0.29) is 0 Å². The summed E-state index contributed by atoms with van der Waals surface area (Å²) in [4.78, 5) is 16.6. The van der Waals surface area contributed by atoms with Crippen LogP contribution in [0.1, 0.15) is 30.1 Å². The minimum absolute atomic E-state index is 0.429. The Morgan fingerprint density at radius 3 is 2.72 bits per heavy atom. The van der Waals surface area contributed by atoms with Gasteiger partial charge in [0.25, 0.3) is 0 Å². The predicted octanol–water partition coefficient (Wildman–Crippen LogP) is 3.50. The summed E-state index contributed by atoms with van der Waals surface area (Å²) in [5.41, 5.74) is 2.37. The lowest BCUT2D eigenvalue weighted by Gasteiger charge is -2.07. The van der Waals surface area contributed by atoms with Crippen molar-refractivity contribution in [3.63, 3.8) is 0 Å². The third kappa shape index (κ3) is 3.17. The molecule has 18 heavy (non-hydrogen) atoms. The van der Waals surface area contributed by atoms with E-state index in [0.29, 0.717) is 5.56 Å². The lowest BCUT2D eigenvalue weighted by atomic mass is 10.0. The molecule has 0 saturated carbocycles. The van der Waals surface area contributed by atoms with Crippen molar-refractivity contribution in [3.8, 4) is 0 Å². The van der Waals surface area contributed by atoms with Gasteiger partial charge >= 0.3 is 5.97 Å². The second kappa shape index (κ2) is 5.96. The van der Waals surface area contributed by atoms with Gasteiger partial charge in [0.1, 0.15) is 0 Å². The topological polar surface area (TPSA) is 38.7 Å². The number of hydrogen-bond donors (Lipinski definition) is 0. The molecule has 0 unspecified atom stereocenters. The first-order chi connectivity index (χ1) is 8.77. The van der Waals surface area contributed by atoms with Crippen LogP contribution in [0.2, 0.25) is 0 Å². The fourth-order valence-electron chi connectivity index (χ4n) is 1.70. The maximum absolute atomic E-state index is 11.7. The predicted molar refractivity (Wildman–Crippen MR) is 71.4 cm³/mol. The van der Waals surface area contributed by atoms with Crippen molar-refractivity contribution < 1.29 is 9.63 Å². The van der Waals surface area contributed by atoms with Gasteiger partial charge in [-0.3, -0.25) is 0 Å². The highest BCUT2D eigenvalue weighted by molar-refractivity contribution is 5.99. The second-order valence-electron chi connectivity index (χ2n) is 4.08. The molecule has 0 heterocycles. The van der Waals surface area contributed by atoms with E-state index in [9.17, 15) is 4.79 Å². The summed E-state index contributed by atoms with van der Waals surface area (Å²) in [6.07, 6.45) is 8.04. The Bertz CT molecular complexity index is 513. The van der Waals surface area contributed by atoms with Crippen molar-refractivity contribution in [2.24, 2.45) is 5.16 Å². The molecule has 0 radical (unpaired) electrons. The SMILES string of the molecule is C/C(=N\OC(=O)c1ccccc1)C1=CC=CCC1. The van der Waals surface area contributed by atoms with Crippen molar-refractivity contribution in [2.75, 3.05) is 0 Å². The quantitative estimate of drug-likeness (QED) is 0.461. The van der Waals surface area contributed by atoms with Crippen LogP contribution >= 0.6 is 0 Å². The zero-order valence-corrected chi connectivity index (χ0v) is 10.3. The molecule has 92 valence electrons. The van der Waals surface area contributed by atoms with Crippen molar-refractivity contribution >= 4 is 11.7 Å². The minimum atomic E-state index is -0.429. The summed E-state index contributed by atoms with van der Waals surface area (Å²) in [5, 5.41) is 3.89. The molecule has 2 rings (SSSR count). The molecule has 1 aliphatic rings. The van der Waals surface area contributed by atoms with Crippen molar-refractivity contribution in [1.82, 2.24) is 0 Å². The molecule has 0 aromatic heterocycles. The van der Waals surface area contributed by atoms with Gasteiger partial charge in [0.15, 0.2) is 0 Å². The smallest absolute Gasteiger partial charge is 0.313 e. The molecule has 0 N–H and O–H groups in total. The number of rotatable bonds is 3. The fraction of sp³-hybridized carbons (Fsp3) is 0.200. The Morgan fingerprint density at radius 1 is 1.28 bits per heavy atom. The first-order valence-electron chi connectivity index (χ1n) is 5.94. The summed E-state index contributed by atoms with van der Waals surface area (Å²) in [6, 6.07) is 8.85. The molecule has 1 aromatic rings. The first kappa shape index (κ1) is 12.3. The molecule has 0 bridgehead atoms. The molecule has 3 heteroatoms. The van der Waals surface area contributed by atoms with E-state index in [1.54, 1.807) is 24.3 Å². The van der Waals surface area contributed by atoms with Gasteiger partial charge in [-0.25, -0.2) is 4.79 Å². The highest BCUT2D eigenvalue weighted by Gasteiger charge is 2.08. The summed E-state index contributed by atoms with van der Waals surface area (Å²) >= 11 is 0. The van der Waals surface area contributed by atoms with Gasteiger partial charge in [-0.05, 0) is 37.5 Å². The molecule has 0 aliphatic heterocycles. The molecule has 1 aromatic carbocycles. The van der Waals surface area contributed by atoms with Crippen LogP contribution in [0.4, 0.5) is 0 Å².